The maximum atomic E-state index is 12.6. The molecule has 3 rings (SSSR count). The second kappa shape index (κ2) is 10.3. The first-order valence-corrected chi connectivity index (χ1v) is 10.8. The topological polar surface area (TPSA) is 89.6 Å². The number of hydrazine groups is 1. The third-order valence-electron chi connectivity index (χ3n) is 4.25. The maximum absolute atomic E-state index is 12.6. The van der Waals surface area contributed by atoms with E-state index >= 15 is 0 Å². The van der Waals surface area contributed by atoms with Crippen molar-refractivity contribution in [1.82, 2.24) is 15.8 Å². The number of thiazole rings is 1. The van der Waals surface area contributed by atoms with Crippen LogP contribution in [0, 0.1) is 6.92 Å². The number of benzene rings is 2. The predicted molar refractivity (Wildman–Crippen MR) is 121 cm³/mol. The molecule has 0 saturated carbocycles. The first kappa shape index (κ1) is 22.6. The molecule has 0 aliphatic rings. The lowest BCUT2D eigenvalue weighted by molar-refractivity contribution is 0.0848. The molecule has 2 aromatic carbocycles. The molecule has 0 aliphatic carbocycles. The van der Waals surface area contributed by atoms with Crippen LogP contribution in [-0.4, -0.2) is 30.5 Å². The van der Waals surface area contributed by atoms with Gasteiger partial charge in [-0.05, 0) is 43.7 Å². The van der Waals surface area contributed by atoms with Gasteiger partial charge in [0.2, 0.25) is 0 Å². The number of methoxy groups -OCH3 is 1. The van der Waals surface area contributed by atoms with Gasteiger partial charge in [0.25, 0.3) is 11.8 Å². The normalized spacial score (nSPS) is 10.5. The molecule has 2 amide bonds. The third-order valence-corrected chi connectivity index (χ3v) is 5.69. The number of nitrogens with one attached hydrogen (secondary N) is 2. The monoisotopic (exact) mass is 459 g/mol. The van der Waals surface area contributed by atoms with Gasteiger partial charge in [-0.3, -0.25) is 20.4 Å². The molecule has 0 unspecified atom stereocenters. The lowest BCUT2D eigenvalue weighted by atomic mass is 10.2. The highest BCUT2D eigenvalue weighted by Gasteiger charge is 2.18. The van der Waals surface area contributed by atoms with Crippen molar-refractivity contribution in [2.24, 2.45) is 0 Å². The van der Waals surface area contributed by atoms with Crippen LogP contribution in [-0.2, 0) is 0 Å². The molecule has 2 N–H and O–H groups in total. The summed E-state index contributed by atoms with van der Waals surface area (Å²) in [6.07, 6.45) is 0.855. The fourth-order valence-electron chi connectivity index (χ4n) is 2.73. The lowest BCUT2D eigenvalue weighted by Crippen LogP contribution is -2.41. The lowest BCUT2D eigenvalue weighted by Gasteiger charge is -2.12. The molecule has 7 nitrogen and oxygen atoms in total. The first-order chi connectivity index (χ1) is 14.9. The summed E-state index contributed by atoms with van der Waals surface area (Å²) >= 11 is 7.26. The Bertz CT molecular complexity index is 1100. The van der Waals surface area contributed by atoms with Gasteiger partial charge in [0, 0.05) is 16.1 Å². The molecule has 0 saturated heterocycles. The smallest absolute Gasteiger partial charge is 0.281 e. The summed E-state index contributed by atoms with van der Waals surface area (Å²) in [6.45, 7) is 4.28. The van der Waals surface area contributed by atoms with E-state index in [0.29, 0.717) is 44.3 Å². The van der Waals surface area contributed by atoms with E-state index in [1.54, 1.807) is 37.3 Å². The molecule has 0 radical (unpaired) electrons. The average Bonchev–Trinajstić information content (AvgIpc) is 3.17. The van der Waals surface area contributed by atoms with Crippen molar-refractivity contribution in [1.29, 1.82) is 0 Å². The van der Waals surface area contributed by atoms with Gasteiger partial charge in [-0.1, -0.05) is 30.7 Å². The minimum absolute atomic E-state index is 0.321. The van der Waals surface area contributed by atoms with E-state index in [4.69, 9.17) is 21.1 Å². The molecule has 1 heterocycles. The highest BCUT2D eigenvalue weighted by molar-refractivity contribution is 7.17. The number of amides is 2. The summed E-state index contributed by atoms with van der Waals surface area (Å²) in [5, 5.41) is 1.26. The Kier molecular flexibility index (Phi) is 7.49. The number of rotatable bonds is 7. The molecule has 0 spiro atoms. The van der Waals surface area contributed by atoms with Crippen LogP contribution in [0.25, 0.3) is 10.6 Å². The number of halogens is 1. The Morgan fingerprint density at radius 1 is 1.10 bits per heavy atom. The number of carbonyl (C=O) groups is 2. The van der Waals surface area contributed by atoms with Crippen molar-refractivity contribution < 1.29 is 19.1 Å². The van der Waals surface area contributed by atoms with Gasteiger partial charge in [-0.25, -0.2) is 4.98 Å². The molecule has 0 atom stereocenters. The SMILES string of the molecule is CCCOc1ccc(C(=O)NNC(=O)c2sc(-c3cccc(Cl)c3)nc2C)cc1OC. The summed E-state index contributed by atoms with van der Waals surface area (Å²) in [5.74, 6) is 0.0630. The standard InChI is InChI=1S/C22H22ClN3O4S/c1-4-10-30-17-9-8-14(12-18(17)29-3)20(27)25-26-21(28)19-13(2)24-22(31-19)15-6-5-7-16(23)11-15/h5-9,11-12H,4,10H2,1-3H3,(H,25,27)(H,26,28). The quantitative estimate of drug-likeness (QED) is 0.502. The minimum atomic E-state index is -0.481. The highest BCUT2D eigenvalue weighted by Crippen LogP contribution is 2.30. The fourth-order valence-corrected chi connectivity index (χ4v) is 3.88. The van der Waals surface area contributed by atoms with Crippen LogP contribution in [0.5, 0.6) is 11.5 Å². The van der Waals surface area contributed by atoms with Crippen LogP contribution in [0.15, 0.2) is 42.5 Å². The summed E-state index contributed by atoms with van der Waals surface area (Å²) in [4.78, 5) is 29.9. The van der Waals surface area contributed by atoms with E-state index in [1.807, 2.05) is 19.1 Å². The van der Waals surface area contributed by atoms with E-state index in [9.17, 15) is 9.59 Å². The van der Waals surface area contributed by atoms with E-state index in [2.05, 4.69) is 15.8 Å². The van der Waals surface area contributed by atoms with Crippen LogP contribution in [0.1, 0.15) is 39.1 Å². The highest BCUT2D eigenvalue weighted by atomic mass is 35.5. The zero-order valence-corrected chi connectivity index (χ0v) is 18.9. The zero-order chi connectivity index (χ0) is 22.4. The van der Waals surface area contributed by atoms with E-state index in [1.165, 1.54) is 18.4 Å². The van der Waals surface area contributed by atoms with Gasteiger partial charge in [0.05, 0.1) is 19.4 Å². The van der Waals surface area contributed by atoms with Crippen LogP contribution >= 0.6 is 22.9 Å². The molecule has 162 valence electrons. The van der Waals surface area contributed by atoms with Crippen LogP contribution < -0.4 is 20.3 Å². The predicted octanol–water partition coefficient (Wildman–Crippen LogP) is 4.64. The number of hydrogen-bond acceptors (Lipinski definition) is 6. The van der Waals surface area contributed by atoms with Crippen molar-refractivity contribution in [3.05, 3.63) is 63.6 Å². The summed E-state index contributed by atoms with van der Waals surface area (Å²) in [6, 6.07) is 12.1. The van der Waals surface area contributed by atoms with Gasteiger partial charge in [0.1, 0.15) is 9.88 Å². The third kappa shape index (κ3) is 5.53. The fraction of sp³-hybridized carbons (Fsp3) is 0.227. The molecular weight excluding hydrogens is 438 g/mol. The second-order valence-electron chi connectivity index (χ2n) is 6.57. The van der Waals surface area contributed by atoms with Gasteiger partial charge in [0.15, 0.2) is 11.5 Å². The van der Waals surface area contributed by atoms with Crippen molar-refractivity contribution in [2.45, 2.75) is 20.3 Å². The van der Waals surface area contributed by atoms with Gasteiger partial charge in [-0.15, -0.1) is 11.3 Å². The average molecular weight is 460 g/mol. The Hall–Kier alpha value is -3.10. The number of hydrogen-bond donors (Lipinski definition) is 2. The summed E-state index contributed by atoms with van der Waals surface area (Å²) < 4.78 is 10.9. The van der Waals surface area contributed by atoms with E-state index in [-0.39, 0.29) is 0 Å². The number of aromatic nitrogens is 1. The van der Waals surface area contributed by atoms with Crippen molar-refractivity contribution >= 4 is 34.8 Å². The molecule has 1 aromatic heterocycles. The zero-order valence-electron chi connectivity index (χ0n) is 17.3. The Morgan fingerprint density at radius 2 is 1.87 bits per heavy atom. The molecule has 0 bridgehead atoms. The second-order valence-corrected chi connectivity index (χ2v) is 8.00. The number of aryl methyl sites for hydroxylation is 1. The van der Waals surface area contributed by atoms with Crippen LogP contribution in [0.2, 0.25) is 5.02 Å². The van der Waals surface area contributed by atoms with E-state index < -0.39 is 11.8 Å². The maximum Gasteiger partial charge on any atom is 0.281 e. The molecule has 0 aliphatic heterocycles. The van der Waals surface area contributed by atoms with Crippen LogP contribution in [0.3, 0.4) is 0 Å². The van der Waals surface area contributed by atoms with Crippen molar-refractivity contribution in [3.63, 3.8) is 0 Å². The largest absolute Gasteiger partial charge is 0.493 e. The Labute approximate surface area is 189 Å². The Balaban J connectivity index is 1.67. The molecule has 0 fully saturated rings. The molecule has 3 aromatic rings. The van der Waals surface area contributed by atoms with E-state index in [0.717, 1.165) is 12.0 Å². The number of nitrogens with zero attached hydrogens (tertiary/aromatic N) is 1. The van der Waals surface area contributed by atoms with Gasteiger partial charge >= 0.3 is 0 Å². The molecular formula is C22H22ClN3O4S. The summed E-state index contributed by atoms with van der Waals surface area (Å²) in [7, 11) is 1.50. The number of ether oxygens (including phenoxy) is 2. The summed E-state index contributed by atoms with van der Waals surface area (Å²) in [5.41, 5.74) is 6.56. The Morgan fingerprint density at radius 3 is 2.58 bits per heavy atom. The molecule has 9 heteroatoms. The first-order valence-electron chi connectivity index (χ1n) is 9.57. The molecule has 31 heavy (non-hydrogen) atoms. The minimum Gasteiger partial charge on any atom is -0.493 e. The van der Waals surface area contributed by atoms with Crippen LogP contribution in [0.4, 0.5) is 0 Å². The van der Waals surface area contributed by atoms with Crippen molar-refractivity contribution in [3.8, 4) is 22.1 Å². The van der Waals surface area contributed by atoms with Gasteiger partial charge < -0.3 is 9.47 Å². The van der Waals surface area contributed by atoms with Gasteiger partial charge in [-0.2, -0.15) is 0 Å². The van der Waals surface area contributed by atoms with Crippen molar-refractivity contribution in [2.75, 3.05) is 13.7 Å². The number of carbonyl (C=O) groups excluding carboxylic acids is 2.